The number of para-hydroxylation sites is 2. The summed E-state index contributed by atoms with van der Waals surface area (Å²) in [6.45, 7) is 3.68. The van der Waals surface area contributed by atoms with E-state index in [9.17, 15) is 9.59 Å². The highest BCUT2D eigenvalue weighted by atomic mass is 16.5. The van der Waals surface area contributed by atoms with Crippen LogP contribution in [-0.4, -0.2) is 11.6 Å². The maximum atomic E-state index is 11.4. The van der Waals surface area contributed by atoms with Gasteiger partial charge in [0, 0.05) is 12.8 Å². The van der Waals surface area contributed by atoms with Crippen LogP contribution in [0, 0.1) is 0 Å². The van der Waals surface area contributed by atoms with Gasteiger partial charge in [-0.15, -0.1) is 0 Å². The highest BCUT2D eigenvalue weighted by molar-refractivity contribution is 5.94. The summed E-state index contributed by atoms with van der Waals surface area (Å²) in [4.78, 5) is 22.8. The third-order valence-electron chi connectivity index (χ3n) is 4.59. The second-order valence-electron chi connectivity index (χ2n) is 6.52. The summed E-state index contributed by atoms with van der Waals surface area (Å²) in [7, 11) is 0. The van der Waals surface area contributed by atoms with Crippen molar-refractivity contribution in [1.82, 2.24) is 0 Å². The lowest BCUT2D eigenvalue weighted by Gasteiger charge is -2.16. The number of carbonyl (C=O) groups excluding carboxylic acids is 2. The maximum absolute atomic E-state index is 11.4. The lowest BCUT2D eigenvalue weighted by molar-refractivity contribution is -0.118. The van der Waals surface area contributed by atoms with Crippen LogP contribution >= 0.6 is 0 Å². The maximum Gasteiger partial charge on any atom is 0.197 e. The van der Waals surface area contributed by atoms with Crippen LogP contribution < -0.4 is 9.47 Å². The molecule has 4 nitrogen and oxygen atoms in total. The molecule has 0 bridgehead atoms. The lowest BCUT2D eigenvalue weighted by atomic mass is 10.1. The molecule has 0 spiro atoms. The van der Waals surface area contributed by atoms with Crippen molar-refractivity contribution >= 4 is 11.6 Å². The van der Waals surface area contributed by atoms with Crippen molar-refractivity contribution in [2.24, 2.45) is 0 Å². The molecule has 0 radical (unpaired) electrons. The summed E-state index contributed by atoms with van der Waals surface area (Å²) in [5.41, 5.74) is 2.28. The van der Waals surface area contributed by atoms with E-state index in [0.29, 0.717) is 24.4 Å². The zero-order chi connectivity index (χ0) is 19.9. The Labute approximate surface area is 165 Å². The Hall–Kier alpha value is -3.14. The summed E-state index contributed by atoms with van der Waals surface area (Å²) in [6.07, 6.45) is 6.28. The van der Waals surface area contributed by atoms with Crippen LogP contribution in [0.15, 0.2) is 72.2 Å². The first kappa shape index (κ1) is 19.6. The summed E-state index contributed by atoms with van der Waals surface area (Å²) >= 11 is 0. The normalized spacial score (nSPS) is 13.9. The molecule has 2 aliphatic heterocycles. The molecule has 144 valence electrons. The third-order valence-corrected chi connectivity index (χ3v) is 4.59. The topological polar surface area (TPSA) is 52.6 Å². The van der Waals surface area contributed by atoms with Gasteiger partial charge in [0.25, 0.3) is 0 Å². The molecule has 2 aromatic rings. The van der Waals surface area contributed by atoms with E-state index in [4.69, 9.17) is 9.47 Å². The van der Waals surface area contributed by atoms with Gasteiger partial charge < -0.3 is 9.47 Å². The Morgan fingerprint density at radius 3 is 1.50 bits per heavy atom. The summed E-state index contributed by atoms with van der Waals surface area (Å²) in [5.74, 6) is 2.75. The quantitative estimate of drug-likeness (QED) is 0.756. The SMILES string of the molecule is CCC(=O)C1=CCc2ccccc2O1.CCC(=O)C1=CCc2ccccc2O1. The Bertz CT molecular complexity index is 860. The number of carbonyl (C=O) groups is 2. The largest absolute Gasteiger partial charge is 0.454 e. The molecular weight excluding hydrogens is 352 g/mol. The highest BCUT2D eigenvalue weighted by Gasteiger charge is 2.17. The van der Waals surface area contributed by atoms with Crippen LogP contribution in [0.1, 0.15) is 37.8 Å². The second-order valence-corrected chi connectivity index (χ2v) is 6.52. The van der Waals surface area contributed by atoms with Gasteiger partial charge >= 0.3 is 0 Å². The van der Waals surface area contributed by atoms with Crippen molar-refractivity contribution in [3.8, 4) is 11.5 Å². The average molecular weight is 376 g/mol. The van der Waals surface area contributed by atoms with Crippen LogP contribution in [0.4, 0.5) is 0 Å². The highest BCUT2D eigenvalue weighted by Crippen LogP contribution is 2.27. The third kappa shape index (κ3) is 4.58. The number of ketones is 2. The smallest absolute Gasteiger partial charge is 0.197 e. The molecule has 2 aliphatic rings. The van der Waals surface area contributed by atoms with Gasteiger partial charge in [0.1, 0.15) is 11.5 Å². The average Bonchev–Trinajstić information content (AvgIpc) is 2.77. The molecule has 0 saturated heterocycles. The van der Waals surface area contributed by atoms with Crippen molar-refractivity contribution in [2.45, 2.75) is 39.5 Å². The molecule has 0 aliphatic carbocycles. The second kappa shape index (κ2) is 9.18. The fraction of sp³-hybridized carbons (Fsp3) is 0.250. The summed E-state index contributed by atoms with van der Waals surface area (Å²) in [5, 5.41) is 0. The van der Waals surface area contributed by atoms with Crippen molar-refractivity contribution < 1.29 is 19.1 Å². The lowest BCUT2D eigenvalue weighted by Crippen LogP contribution is -2.12. The van der Waals surface area contributed by atoms with Gasteiger partial charge in [0.2, 0.25) is 0 Å². The molecule has 4 rings (SSSR count). The Morgan fingerprint density at radius 1 is 0.714 bits per heavy atom. The van der Waals surface area contributed by atoms with Gasteiger partial charge in [0.15, 0.2) is 23.1 Å². The van der Waals surface area contributed by atoms with Crippen molar-refractivity contribution in [3.63, 3.8) is 0 Å². The number of hydrogen-bond donors (Lipinski definition) is 0. The first-order valence-corrected chi connectivity index (χ1v) is 9.60. The molecule has 0 N–H and O–H groups in total. The van der Waals surface area contributed by atoms with E-state index in [-0.39, 0.29) is 11.6 Å². The molecule has 2 heterocycles. The molecule has 0 saturated carbocycles. The van der Waals surface area contributed by atoms with E-state index >= 15 is 0 Å². The number of ether oxygens (including phenoxy) is 2. The minimum absolute atomic E-state index is 0.0690. The molecule has 0 unspecified atom stereocenters. The van der Waals surface area contributed by atoms with Crippen LogP contribution in [0.3, 0.4) is 0 Å². The van der Waals surface area contributed by atoms with Gasteiger partial charge in [-0.05, 0) is 48.3 Å². The Morgan fingerprint density at radius 2 is 1.11 bits per heavy atom. The molecule has 0 fully saturated rings. The molecular formula is C24H24O4. The Kier molecular flexibility index (Phi) is 6.43. The monoisotopic (exact) mass is 376 g/mol. The van der Waals surface area contributed by atoms with Crippen molar-refractivity contribution in [2.75, 3.05) is 0 Å². The van der Waals surface area contributed by atoms with E-state index in [1.165, 1.54) is 0 Å². The molecule has 2 aromatic carbocycles. The Balaban J connectivity index is 0.000000161. The molecule has 0 aromatic heterocycles. The molecule has 28 heavy (non-hydrogen) atoms. The predicted molar refractivity (Wildman–Crippen MR) is 108 cm³/mol. The molecule has 4 heteroatoms. The number of Topliss-reactive ketones (excluding diaryl/α,β-unsaturated/α-hetero) is 2. The minimum atomic E-state index is 0.0690. The van der Waals surface area contributed by atoms with Crippen molar-refractivity contribution in [1.29, 1.82) is 0 Å². The van der Waals surface area contributed by atoms with Crippen LogP contribution in [0.2, 0.25) is 0 Å². The van der Waals surface area contributed by atoms with Crippen LogP contribution in [0.25, 0.3) is 0 Å². The van der Waals surface area contributed by atoms with E-state index in [1.807, 2.05) is 74.5 Å². The summed E-state index contributed by atoms with van der Waals surface area (Å²) in [6, 6.07) is 15.6. The predicted octanol–water partition coefficient (Wildman–Crippen LogP) is 4.97. The fourth-order valence-electron chi connectivity index (χ4n) is 2.96. The molecule has 0 amide bonds. The first-order valence-electron chi connectivity index (χ1n) is 9.60. The van der Waals surface area contributed by atoms with E-state index in [1.54, 1.807) is 0 Å². The first-order chi connectivity index (χ1) is 13.6. The number of allylic oxidation sites excluding steroid dienone is 4. The minimum Gasteiger partial charge on any atom is -0.454 e. The number of hydrogen-bond acceptors (Lipinski definition) is 4. The number of rotatable bonds is 4. The van der Waals surface area contributed by atoms with Crippen LogP contribution in [0.5, 0.6) is 11.5 Å². The van der Waals surface area contributed by atoms with Crippen LogP contribution in [-0.2, 0) is 22.4 Å². The van der Waals surface area contributed by atoms with Gasteiger partial charge in [-0.25, -0.2) is 0 Å². The van der Waals surface area contributed by atoms with E-state index in [0.717, 1.165) is 35.5 Å². The zero-order valence-electron chi connectivity index (χ0n) is 16.2. The fourth-order valence-corrected chi connectivity index (χ4v) is 2.96. The van der Waals surface area contributed by atoms with Gasteiger partial charge in [-0.3, -0.25) is 9.59 Å². The summed E-state index contributed by atoms with van der Waals surface area (Å²) < 4.78 is 11.0. The number of benzene rings is 2. The van der Waals surface area contributed by atoms with Gasteiger partial charge in [-0.2, -0.15) is 0 Å². The van der Waals surface area contributed by atoms with E-state index < -0.39 is 0 Å². The zero-order valence-corrected chi connectivity index (χ0v) is 16.2. The van der Waals surface area contributed by atoms with Crippen molar-refractivity contribution in [3.05, 3.63) is 83.3 Å². The van der Waals surface area contributed by atoms with E-state index in [2.05, 4.69) is 0 Å². The molecule has 0 atom stereocenters. The van der Waals surface area contributed by atoms with Gasteiger partial charge in [-0.1, -0.05) is 50.2 Å². The van der Waals surface area contributed by atoms with Gasteiger partial charge in [0.05, 0.1) is 0 Å². The number of fused-ring (bicyclic) bond motifs is 2. The standard InChI is InChI=1S/2C12H12O2/c2*1-2-10(13)12-8-7-9-5-3-4-6-11(9)14-12/h2*3-6,8H,2,7H2,1H3.